The van der Waals surface area contributed by atoms with E-state index < -0.39 is 10.0 Å². The van der Waals surface area contributed by atoms with E-state index in [1.54, 1.807) is 37.1 Å². The van der Waals surface area contributed by atoms with E-state index in [0.29, 0.717) is 19.5 Å². The van der Waals surface area contributed by atoms with Crippen LogP contribution in [0.5, 0.6) is 0 Å². The lowest BCUT2D eigenvalue weighted by Crippen LogP contribution is -2.29. The fourth-order valence-electron chi connectivity index (χ4n) is 3.66. The van der Waals surface area contributed by atoms with Crippen LogP contribution in [0.4, 0.5) is 0 Å². The second-order valence-electron chi connectivity index (χ2n) is 6.66. The Morgan fingerprint density at radius 3 is 2.82 bits per heavy atom. The largest absolute Gasteiger partial charge is 0.472 e. The number of fused-ring (bicyclic) bond motifs is 1. The van der Waals surface area contributed by atoms with Crippen LogP contribution in [0.1, 0.15) is 12.5 Å². The van der Waals surface area contributed by atoms with E-state index >= 15 is 0 Å². The van der Waals surface area contributed by atoms with Gasteiger partial charge in [-0.25, -0.2) is 18.4 Å². The number of sulfonamides is 1. The van der Waals surface area contributed by atoms with Gasteiger partial charge in [0.05, 0.1) is 17.9 Å². The van der Waals surface area contributed by atoms with Crippen LogP contribution in [0, 0.1) is 0 Å². The summed E-state index contributed by atoms with van der Waals surface area (Å²) < 4.78 is 34.7. The average molecular weight is 395 g/mol. The van der Waals surface area contributed by atoms with Crippen molar-refractivity contribution in [1.29, 1.82) is 0 Å². The molecule has 4 aromatic heterocycles. The molecule has 0 aliphatic carbocycles. The lowest BCUT2D eigenvalue weighted by atomic mass is 10.2. The van der Waals surface area contributed by atoms with Gasteiger partial charge in [0, 0.05) is 31.7 Å². The molecule has 0 radical (unpaired) electrons. The minimum absolute atomic E-state index is 0.0729. The summed E-state index contributed by atoms with van der Waals surface area (Å²) in [5, 5.41) is 0. The van der Waals surface area contributed by atoms with Crippen LogP contribution >= 0.6 is 0 Å². The molecular weight excluding hydrogens is 378 g/mol. The Morgan fingerprint density at radius 1 is 1.14 bits per heavy atom. The molecule has 5 rings (SSSR count). The Bertz CT molecular complexity index is 1220. The molecule has 0 unspecified atom stereocenters. The molecule has 0 bridgehead atoms. The highest BCUT2D eigenvalue weighted by atomic mass is 32.2. The molecule has 28 heavy (non-hydrogen) atoms. The fourth-order valence-corrected chi connectivity index (χ4v) is 5.12. The van der Waals surface area contributed by atoms with Gasteiger partial charge in [0.2, 0.25) is 10.0 Å². The third kappa shape index (κ3) is 2.71. The molecular formula is C19H17N5O3S. The molecule has 0 N–H and O–H groups in total. The van der Waals surface area contributed by atoms with Crippen molar-refractivity contribution in [3.63, 3.8) is 0 Å². The second-order valence-corrected chi connectivity index (χ2v) is 8.60. The molecule has 4 aromatic rings. The Kier molecular flexibility index (Phi) is 3.99. The molecule has 1 saturated heterocycles. The molecule has 8 nitrogen and oxygen atoms in total. The molecule has 0 saturated carbocycles. The van der Waals surface area contributed by atoms with Crippen molar-refractivity contribution < 1.29 is 12.8 Å². The quantitative estimate of drug-likeness (QED) is 0.527. The lowest BCUT2D eigenvalue weighted by molar-refractivity contribution is 0.455. The monoisotopic (exact) mass is 395 g/mol. The van der Waals surface area contributed by atoms with Gasteiger partial charge in [0.25, 0.3) is 0 Å². The molecule has 1 fully saturated rings. The van der Waals surface area contributed by atoms with Gasteiger partial charge in [-0.2, -0.15) is 4.31 Å². The third-order valence-electron chi connectivity index (χ3n) is 4.99. The SMILES string of the molecule is O=S(=O)(c1cccnc1)N1CC[C@H](n2c(-c3ccoc3)nc3cccnc32)C1. The highest BCUT2D eigenvalue weighted by Gasteiger charge is 2.35. The number of aromatic nitrogens is 4. The maximum atomic E-state index is 13.0. The maximum Gasteiger partial charge on any atom is 0.244 e. The molecule has 1 aliphatic rings. The zero-order valence-corrected chi connectivity index (χ0v) is 15.7. The van der Waals surface area contributed by atoms with E-state index in [-0.39, 0.29) is 10.9 Å². The van der Waals surface area contributed by atoms with Gasteiger partial charge in [-0.05, 0) is 36.8 Å². The third-order valence-corrected chi connectivity index (χ3v) is 6.84. The van der Waals surface area contributed by atoms with Crippen LogP contribution in [-0.4, -0.2) is 45.3 Å². The highest BCUT2D eigenvalue weighted by molar-refractivity contribution is 7.89. The van der Waals surface area contributed by atoms with E-state index in [9.17, 15) is 8.42 Å². The summed E-state index contributed by atoms with van der Waals surface area (Å²) >= 11 is 0. The fraction of sp³-hybridized carbons (Fsp3) is 0.211. The molecule has 9 heteroatoms. The molecule has 5 heterocycles. The molecule has 142 valence electrons. The average Bonchev–Trinajstić information content (AvgIpc) is 3.46. The van der Waals surface area contributed by atoms with Gasteiger partial charge in [0.1, 0.15) is 22.5 Å². The number of rotatable bonds is 4. The first-order valence-corrected chi connectivity index (χ1v) is 10.3. The zero-order chi connectivity index (χ0) is 19.1. The summed E-state index contributed by atoms with van der Waals surface area (Å²) in [6, 6.07) is 8.72. The van der Waals surface area contributed by atoms with E-state index in [1.807, 2.05) is 22.8 Å². The van der Waals surface area contributed by atoms with Crippen LogP contribution in [0.2, 0.25) is 0 Å². The Balaban J connectivity index is 1.55. The maximum absolute atomic E-state index is 13.0. The number of pyridine rings is 2. The molecule has 0 amide bonds. The zero-order valence-electron chi connectivity index (χ0n) is 14.8. The first-order chi connectivity index (χ1) is 13.6. The minimum Gasteiger partial charge on any atom is -0.472 e. The number of hydrogen-bond acceptors (Lipinski definition) is 6. The summed E-state index contributed by atoms with van der Waals surface area (Å²) in [6.07, 6.45) is 8.57. The normalized spacial score (nSPS) is 18.1. The summed E-state index contributed by atoms with van der Waals surface area (Å²) in [7, 11) is -3.58. The standard InChI is InChI=1S/C19H17N5O3S/c25-28(26,16-3-1-7-20-11-16)23-9-5-15(12-23)24-18(14-6-10-27-13-14)22-17-4-2-8-21-19(17)24/h1-4,6-8,10-11,13,15H,5,9,12H2/t15-/m0/s1. The smallest absolute Gasteiger partial charge is 0.244 e. The Hall–Kier alpha value is -3.04. The Labute approximate surface area is 161 Å². The van der Waals surface area contributed by atoms with Crippen LogP contribution in [-0.2, 0) is 10.0 Å². The van der Waals surface area contributed by atoms with Crippen LogP contribution in [0.3, 0.4) is 0 Å². The van der Waals surface area contributed by atoms with Crippen molar-refractivity contribution in [2.24, 2.45) is 0 Å². The number of furan rings is 1. The molecule has 0 spiro atoms. The predicted molar refractivity (Wildman–Crippen MR) is 102 cm³/mol. The molecule has 1 aliphatic heterocycles. The number of imidazole rings is 1. The van der Waals surface area contributed by atoms with E-state index in [4.69, 9.17) is 9.40 Å². The lowest BCUT2D eigenvalue weighted by Gasteiger charge is -2.18. The van der Waals surface area contributed by atoms with Gasteiger partial charge in [-0.3, -0.25) is 4.98 Å². The molecule has 1 atom stereocenters. The summed E-state index contributed by atoms with van der Waals surface area (Å²) in [6.45, 7) is 0.781. The summed E-state index contributed by atoms with van der Waals surface area (Å²) in [4.78, 5) is 13.3. The van der Waals surface area contributed by atoms with Gasteiger partial charge >= 0.3 is 0 Å². The first-order valence-electron chi connectivity index (χ1n) is 8.90. The van der Waals surface area contributed by atoms with E-state index in [0.717, 1.165) is 22.6 Å². The van der Waals surface area contributed by atoms with Crippen LogP contribution in [0.25, 0.3) is 22.6 Å². The summed E-state index contributed by atoms with van der Waals surface area (Å²) in [5.41, 5.74) is 2.35. The highest BCUT2D eigenvalue weighted by Crippen LogP contribution is 2.34. The van der Waals surface area contributed by atoms with Crippen LogP contribution < -0.4 is 0 Å². The van der Waals surface area contributed by atoms with Crippen molar-refractivity contribution >= 4 is 21.2 Å². The van der Waals surface area contributed by atoms with Gasteiger partial charge in [-0.1, -0.05) is 0 Å². The van der Waals surface area contributed by atoms with Crippen molar-refractivity contribution in [3.05, 3.63) is 61.4 Å². The van der Waals surface area contributed by atoms with E-state index in [1.165, 1.54) is 10.5 Å². The first kappa shape index (κ1) is 17.1. The van der Waals surface area contributed by atoms with Gasteiger partial charge in [-0.15, -0.1) is 0 Å². The van der Waals surface area contributed by atoms with Crippen molar-refractivity contribution in [3.8, 4) is 11.4 Å². The van der Waals surface area contributed by atoms with Gasteiger partial charge in [0.15, 0.2) is 5.65 Å². The van der Waals surface area contributed by atoms with Crippen molar-refractivity contribution in [1.82, 2.24) is 23.8 Å². The summed E-state index contributed by atoms with van der Waals surface area (Å²) in [5.74, 6) is 0.730. The van der Waals surface area contributed by atoms with Crippen LogP contribution in [0.15, 0.2) is 70.8 Å². The van der Waals surface area contributed by atoms with E-state index in [2.05, 4.69) is 9.97 Å². The second kappa shape index (κ2) is 6.54. The minimum atomic E-state index is -3.58. The van der Waals surface area contributed by atoms with Gasteiger partial charge < -0.3 is 8.98 Å². The topological polar surface area (TPSA) is 94.1 Å². The van der Waals surface area contributed by atoms with Crippen molar-refractivity contribution in [2.75, 3.05) is 13.1 Å². The van der Waals surface area contributed by atoms with Crippen molar-refractivity contribution in [2.45, 2.75) is 17.4 Å². The number of nitrogens with zero attached hydrogens (tertiary/aromatic N) is 5. The molecule has 0 aromatic carbocycles. The Morgan fingerprint density at radius 2 is 2.04 bits per heavy atom. The predicted octanol–water partition coefficient (Wildman–Crippen LogP) is 2.72. The number of hydrogen-bond donors (Lipinski definition) is 0.